The van der Waals surface area contributed by atoms with Crippen LogP contribution in [0.3, 0.4) is 0 Å². The smallest absolute Gasteiger partial charge is 0.462 e. The Bertz CT molecular complexity index is 1840. The molecule has 576 valence electrons. The van der Waals surface area contributed by atoms with Crippen LogP contribution in [0.4, 0.5) is 0 Å². The first-order valence-corrected chi connectivity index (χ1v) is 43.8. The van der Waals surface area contributed by atoms with Gasteiger partial charge in [0.2, 0.25) is 0 Å². The largest absolute Gasteiger partial charge is 0.472 e. The van der Waals surface area contributed by atoms with Crippen LogP contribution >= 0.6 is 15.6 Å². The van der Waals surface area contributed by atoms with E-state index in [1.54, 1.807) is 0 Å². The maximum absolute atomic E-state index is 13.1. The average molecular weight is 1420 g/mol. The van der Waals surface area contributed by atoms with Crippen LogP contribution in [0.1, 0.15) is 419 Å². The van der Waals surface area contributed by atoms with E-state index in [1.165, 1.54) is 250 Å². The van der Waals surface area contributed by atoms with Gasteiger partial charge in [-0.05, 0) is 25.7 Å². The molecule has 0 fully saturated rings. The van der Waals surface area contributed by atoms with Gasteiger partial charge >= 0.3 is 39.5 Å². The first-order chi connectivity index (χ1) is 47.2. The molecule has 0 amide bonds. The van der Waals surface area contributed by atoms with Crippen LogP contribution in [0.25, 0.3) is 0 Å². The van der Waals surface area contributed by atoms with E-state index in [0.29, 0.717) is 25.7 Å². The molecule has 0 aliphatic carbocycles. The Labute approximate surface area is 594 Å². The van der Waals surface area contributed by atoms with Crippen LogP contribution in [0.15, 0.2) is 0 Å². The molecule has 0 saturated heterocycles. The van der Waals surface area contributed by atoms with Crippen LogP contribution in [0.5, 0.6) is 0 Å². The van der Waals surface area contributed by atoms with Gasteiger partial charge in [0.15, 0.2) is 12.2 Å². The Hall–Kier alpha value is -1.94. The van der Waals surface area contributed by atoms with E-state index in [9.17, 15) is 43.2 Å². The number of hydrogen-bond acceptors (Lipinski definition) is 15. The van der Waals surface area contributed by atoms with E-state index in [1.807, 2.05) is 0 Å². The highest BCUT2D eigenvalue weighted by atomic mass is 31.2. The molecule has 0 aliphatic heterocycles. The van der Waals surface area contributed by atoms with Crippen molar-refractivity contribution >= 4 is 39.5 Å². The number of carbonyl (C=O) groups excluding carboxylic acids is 4. The van der Waals surface area contributed by atoms with Crippen molar-refractivity contribution in [3.63, 3.8) is 0 Å². The standard InChI is InChI=1S/C78H152O17P2/c1-5-9-13-17-21-25-29-32-35-37-40-43-47-51-55-59-63-76(81)89-69-74(95-78(83)65-61-57-53-49-45-41-38-36-33-30-26-22-18-14-10-6-2)71-93-97(86,87)91-67-72(79)66-90-96(84,85)92-70-73(68-88-75(80)62-58-54-50-46-42-28-24-20-16-12-8-4)94-77(82)64-60-56-52-48-44-39-34-31-27-23-19-15-11-7-3/h72-74,79H,5-71H2,1-4H3,(H,84,85)(H,86,87)/t72-,73+,74+/m0/s1. The van der Waals surface area contributed by atoms with Crippen molar-refractivity contribution < 1.29 is 80.2 Å². The summed E-state index contributed by atoms with van der Waals surface area (Å²) in [5, 5.41) is 10.6. The molecule has 3 N–H and O–H groups in total. The molecular weight excluding hydrogens is 1270 g/mol. The summed E-state index contributed by atoms with van der Waals surface area (Å²) < 4.78 is 68.6. The number of aliphatic hydroxyl groups is 1. The Kier molecular flexibility index (Phi) is 71.0. The third-order valence-corrected chi connectivity index (χ3v) is 20.3. The fourth-order valence-electron chi connectivity index (χ4n) is 12.1. The molecule has 5 atom stereocenters. The molecule has 0 radical (unpaired) electrons. The second-order valence-electron chi connectivity index (χ2n) is 28.1. The van der Waals surface area contributed by atoms with Crippen molar-refractivity contribution in [3.05, 3.63) is 0 Å². The van der Waals surface area contributed by atoms with E-state index in [4.69, 9.17) is 37.0 Å². The molecule has 97 heavy (non-hydrogen) atoms. The number of esters is 4. The molecule has 17 nitrogen and oxygen atoms in total. The topological polar surface area (TPSA) is 237 Å². The molecule has 0 aromatic carbocycles. The van der Waals surface area contributed by atoms with Gasteiger partial charge in [-0.25, -0.2) is 9.13 Å². The number of ether oxygens (including phenoxy) is 4. The van der Waals surface area contributed by atoms with Crippen molar-refractivity contribution in [1.29, 1.82) is 0 Å². The van der Waals surface area contributed by atoms with Crippen molar-refractivity contribution in [2.75, 3.05) is 39.6 Å². The lowest BCUT2D eigenvalue weighted by atomic mass is 10.0. The van der Waals surface area contributed by atoms with Gasteiger partial charge in [-0.2, -0.15) is 0 Å². The van der Waals surface area contributed by atoms with Gasteiger partial charge < -0.3 is 33.8 Å². The summed E-state index contributed by atoms with van der Waals surface area (Å²) in [4.78, 5) is 72.9. The number of rotatable bonds is 79. The molecule has 0 aromatic heterocycles. The molecule has 0 saturated carbocycles. The highest BCUT2D eigenvalue weighted by Crippen LogP contribution is 2.45. The van der Waals surface area contributed by atoms with Gasteiger partial charge in [0.05, 0.1) is 26.4 Å². The summed E-state index contributed by atoms with van der Waals surface area (Å²) in [6.07, 6.45) is 63.6. The number of carbonyl (C=O) groups is 4. The van der Waals surface area contributed by atoms with Crippen LogP contribution in [0, 0.1) is 0 Å². The number of unbranched alkanes of at least 4 members (excludes halogenated alkanes) is 53. The van der Waals surface area contributed by atoms with Crippen LogP contribution in [-0.4, -0.2) is 96.7 Å². The molecule has 0 spiro atoms. The third kappa shape index (κ3) is 72.2. The van der Waals surface area contributed by atoms with Crippen LogP contribution < -0.4 is 0 Å². The Morgan fingerprint density at radius 1 is 0.247 bits per heavy atom. The molecule has 0 bridgehead atoms. The quantitative estimate of drug-likeness (QED) is 0.0222. The number of phosphoric acid groups is 2. The molecule has 19 heteroatoms. The zero-order valence-corrected chi connectivity index (χ0v) is 64.8. The normalized spacial score (nSPS) is 13.8. The Morgan fingerprint density at radius 2 is 0.412 bits per heavy atom. The monoisotopic (exact) mass is 1420 g/mol. The molecule has 2 unspecified atom stereocenters. The molecule has 0 heterocycles. The van der Waals surface area contributed by atoms with E-state index >= 15 is 0 Å². The van der Waals surface area contributed by atoms with E-state index < -0.39 is 97.5 Å². The molecular formula is C78H152O17P2. The van der Waals surface area contributed by atoms with E-state index in [0.717, 1.165) is 89.9 Å². The lowest BCUT2D eigenvalue weighted by Gasteiger charge is -2.21. The van der Waals surface area contributed by atoms with Gasteiger partial charge in [-0.15, -0.1) is 0 Å². The molecule has 0 aromatic rings. The zero-order valence-electron chi connectivity index (χ0n) is 63.1. The third-order valence-electron chi connectivity index (χ3n) is 18.4. The fraction of sp³-hybridized carbons (Fsp3) is 0.949. The van der Waals surface area contributed by atoms with Crippen molar-refractivity contribution in [2.24, 2.45) is 0 Å². The SMILES string of the molecule is CCCCCCCCCCCCCCCCCCC(=O)OC[C@H](COP(=O)(O)OC[C@@H](O)COP(=O)(O)OC[C@@H](COC(=O)CCCCCCCCCCCCC)OC(=O)CCCCCCCCCCCCCCCC)OC(=O)CCCCCCCCCCCCCCCCCC. The Balaban J connectivity index is 5.25. The summed E-state index contributed by atoms with van der Waals surface area (Å²) in [5.41, 5.74) is 0. The summed E-state index contributed by atoms with van der Waals surface area (Å²) in [7, 11) is -9.91. The zero-order chi connectivity index (χ0) is 71.1. The second-order valence-corrected chi connectivity index (χ2v) is 31.0. The highest BCUT2D eigenvalue weighted by Gasteiger charge is 2.30. The van der Waals surface area contributed by atoms with Gasteiger partial charge in [-0.1, -0.05) is 368 Å². The minimum absolute atomic E-state index is 0.109. The average Bonchev–Trinajstić information content (AvgIpc) is 1.73. The fourth-order valence-corrected chi connectivity index (χ4v) is 13.7. The first-order valence-electron chi connectivity index (χ1n) is 40.8. The summed E-state index contributed by atoms with van der Waals surface area (Å²) in [6, 6.07) is 0. The van der Waals surface area contributed by atoms with Gasteiger partial charge in [0.25, 0.3) is 0 Å². The van der Waals surface area contributed by atoms with Crippen LogP contribution in [-0.2, 0) is 65.4 Å². The second kappa shape index (κ2) is 72.4. The number of hydrogen-bond donors (Lipinski definition) is 3. The van der Waals surface area contributed by atoms with Crippen molar-refractivity contribution in [2.45, 2.75) is 438 Å². The van der Waals surface area contributed by atoms with Crippen molar-refractivity contribution in [1.82, 2.24) is 0 Å². The highest BCUT2D eigenvalue weighted by molar-refractivity contribution is 7.47. The lowest BCUT2D eigenvalue weighted by Crippen LogP contribution is -2.30. The predicted molar refractivity (Wildman–Crippen MR) is 395 cm³/mol. The first kappa shape index (κ1) is 95.1. The number of phosphoric ester groups is 2. The molecule has 0 rings (SSSR count). The van der Waals surface area contributed by atoms with Gasteiger partial charge in [0.1, 0.15) is 19.3 Å². The minimum Gasteiger partial charge on any atom is -0.462 e. The van der Waals surface area contributed by atoms with E-state index in [-0.39, 0.29) is 25.7 Å². The number of aliphatic hydroxyl groups excluding tert-OH is 1. The van der Waals surface area contributed by atoms with E-state index in [2.05, 4.69) is 27.7 Å². The predicted octanol–water partition coefficient (Wildman–Crippen LogP) is 23.4. The van der Waals surface area contributed by atoms with Gasteiger partial charge in [0, 0.05) is 25.7 Å². The summed E-state index contributed by atoms with van der Waals surface area (Å²) >= 11 is 0. The minimum atomic E-state index is -4.96. The maximum Gasteiger partial charge on any atom is 0.472 e. The lowest BCUT2D eigenvalue weighted by molar-refractivity contribution is -0.161. The van der Waals surface area contributed by atoms with Gasteiger partial charge in [-0.3, -0.25) is 37.3 Å². The summed E-state index contributed by atoms with van der Waals surface area (Å²) in [5.74, 6) is -2.11. The van der Waals surface area contributed by atoms with Crippen LogP contribution in [0.2, 0.25) is 0 Å². The molecule has 0 aliphatic rings. The Morgan fingerprint density at radius 3 is 0.608 bits per heavy atom. The van der Waals surface area contributed by atoms with Crippen molar-refractivity contribution in [3.8, 4) is 0 Å². The maximum atomic E-state index is 13.1. The summed E-state index contributed by atoms with van der Waals surface area (Å²) in [6.45, 7) is 5.02.